The summed E-state index contributed by atoms with van der Waals surface area (Å²) in [5, 5.41) is 12.6. The minimum Gasteiger partial charge on any atom is -0.472 e. The molecular formula is C40H33N5O2. The number of aromatic amines is 1. The molecule has 4 aromatic heterocycles. The lowest BCUT2D eigenvalue weighted by Gasteiger charge is -2.13. The van der Waals surface area contributed by atoms with E-state index in [1.165, 1.54) is 6.33 Å². The third-order valence-corrected chi connectivity index (χ3v) is 8.20. The average Bonchev–Trinajstić information content (AvgIpc) is 3.61. The SMILES string of the molecule is Cc1cccc2cc(CO)c(-c3ccccc3)nc12.Cc1cccc2cc(COc3ncnc4[nH]ccc34)c(-c3ccccc3)nc12. The molecule has 4 aromatic carbocycles. The van der Waals surface area contributed by atoms with E-state index in [1.54, 1.807) is 0 Å². The Balaban J connectivity index is 0.000000161. The van der Waals surface area contributed by atoms with Crippen molar-refractivity contribution in [1.29, 1.82) is 0 Å². The van der Waals surface area contributed by atoms with Gasteiger partial charge in [0.2, 0.25) is 5.88 Å². The Hall–Kier alpha value is -5.92. The second kappa shape index (κ2) is 13.2. The maximum absolute atomic E-state index is 9.57. The van der Waals surface area contributed by atoms with Crippen molar-refractivity contribution in [3.63, 3.8) is 0 Å². The minimum absolute atomic E-state index is 0.00110. The second-order valence-corrected chi connectivity index (χ2v) is 11.4. The monoisotopic (exact) mass is 615 g/mol. The molecule has 4 heterocycles. The van der Waals surface area contributed by atoms with Crippen LogP contribution in [0.1, 0.15) is 22.3 Å². The van der Waals surface area contributed by atoms with Gasteiger partial charge in [-0.25, -0.2) is 19.9 Å². The molecule has 0 bridgehead atoms. The van der Waals surface area contributed by atoms with Gasteiger partial charge < -0.3 is 14.8 Å². The number of aliphatic hydroxyl groups is 1. The summed E-state index contributed by atoms with van der Waals surface area (Å²) in [4.78, 5) is 21.3. The molecule has 7 nitrogen and oxygen atoms in total. The van der Waals surface area contributed by atoms with Gasteiger partial charge in [-0.15, -0.1) is 0 Å². The van der Waals surface area contributed by atoms with E-state index in [0.717, 1.165) is 77.6 Å². The van der Waals surface area contributed by atoms with Crippen molar-refractivity contribution in [3.8, 4) is 28.4 Å². The van der Waals surface area contributed by atoms with Crippen molar-refractivity contribution in [3.05, 3.63) is 150 Å². The number of rotatable bonds is 6. The smallest absolute Gasteiger partial charge is 0.226 e. The Labute approximate surface area is 272 Å². The van der Waals surface area contributed by atoms with Crippen LogP contribution >= 0.6 is 0 Å². The highest BCUT2D eigenvalue weighted by Gasteiger charge is 2.13. The Morgan fingerprint density at radius 2 is 1.21 bits per heavy atom. The number of aromatic nitrogens is 5. The van der Waals surface area contributed by atoms with Crippen LogP contribution in [0.15, 0.2) is 128 Å². The molecular weight excluding hydrogens is 582 g/mol. The number of aliphatic hydroxyl groups excluding tert-OH is 1. The lowest BCUT2D eigenvalue weighted by molar-refractivity contribution is 0.282. The number of nitrogens with zero attached hydrogens (tertiary/aromatic N) is 4. The molecule has 0 aliphatic heterocycles. The molecule has 0 atom stereocenters. The van der Waals surface area contributed by atoms with Gasteiger partial charge in [0.1, 0.15) is 18.6 Å². The van der Waals surface area contributed by atoms with Crippen LogP contribution in [0.5, 0.6) is 5.88 Å². The van der Waals surface area contributed by atoms with Gasteiger partial charge in [0.05, 0.1) is 34.4 Å². The van der Waals surface area contributed by atoms with Crippen LogP contribution in [0.25, 0.3) is 55.4 Å². The summed E-state index contributed by atoms with van der Waals surface area (Å²) < 4.78 is 6.09. The summed E-state index contributed by atoms with van der Waals surface area (Å²) in [5.41, 5.74) is 10.9. The fraction of sp³-hybridized carbons (Fsp3) is 0.100. The highest BCUT2D eigenvalue weighted by molar-refractivity contribution is 5.87. The summed E-state index contributed by atoms with van der Waals surface area (Å²) >= 11 is 0. The predicted molar refractivity (Wildman–Crippen MR) is 188 cm³/mol. The maximum Gasteiger partial charge on any atom is 0.226 e. The predicted octanol–water partition coefficient (Wildman–Crippen LogP) is 8.76. The Bertz CT molecular complexity index is 2320. The third-order valence-electron chi connectivity index (χ3n) is 8.20. The molecule has 0 unspecified atom stereocenters. The summed E-state index contributed by atoms with van der Waals surface area (Å²) in [6.45, 7) is 4.52. The van der Waals surface area contributed by atoms with Crippen LogP contribution in [0.2, 0.25) is 0 Å². The Morgan fingerprint density at radius 3 is 1.81 bits per heavy atom. The third kappa shape index (κ3) is 6.17. The number of hydrogen-bond acceptors (Lipinski definition) is 6. The van der Waals surface area contributed by atoms with Gasteiger partial charge in [-0.1, -0.05) is 97.1 Å². The van der Waals surface area contributed by atoms with E-state index in [-0.39, 0.29) is 6.61 Å². The zero-order chi connectivity index (χ0) is 32.2. The van der Waals surface area contributed by atoms with E-state index in [4.69, 9.17) is 14.7 Å². The van der Waals surface area contributed by atoms with Crippen molar-refractivity contribution in [2.75, 3.05) is 0 Å². The van der Waals surface area contributed by atoms with Crippen molar-refractivity contribution in [2.24, 2.45) is 0 Å². The molecule has 0 saturated heterocycles. The van der Waals surface area contributed by atoms with E-state index in [2.05, 4.69) is 71.3 Å². The van der Waals surface area contributed by atoms with Crippen molar-refractivity contribution < 1.29 is 9.84 Å². The number of hydrogen-bond donors (Lipinski definition) is 2. The summed E-state index contributed by atoms with van der Waals surface area (Å²) in [7, 11) is 0. The van der Waals surface area contributed by atoms with Gasteiger partial charge in [-0.3, -0.25) is 0 Å². The molecule has 0 saturated carbocycles. The molecule has 0 fully saturated rings. The fourth-order valence-electron chi connectivity index (χ4n) is 5.81. The van der Waals surface area contributed by atoms with E-state index in [9.17, 15) is 5.11 Å². The molecule has 47 heavy (non-hydrogen) atoms. The van der Waals surface area contributed by atoms with Crippen molar-refractivity contribution in [1.82, 2.24) is 24.9 Å². The first-order chi connectivity index (χ1) is 23.1. The summed E-state index contributed by atoms with van der Waals surface area (Å²) in [6, 6.07) is 38.6. The number of ether oxygens (including phenoxy) is 1. The lowest BCUT2D eigenvalue weighted by Crippen LogP contribution is -2.02. The van der Waals surface area contributed by atoms with E-state index in [1.807, 2.05) is 79.0 Å². The number of benzene rings is 4. The molecule has 0 radical (unpaired) electrons. The first kappa shape index (κ1) is 29.8. The van der Waals surface area contributed by atoms with E-state index >= 15 is 0 Å². The highest BCUT2D eigenvalue weighted by atomic mass is 16.5. The van der Waals surface area contributed by atoms with Crippen molar-refractivity contribution in [2.45, 2.75) is 27.1 Å². The van der Waals surface area contributed by atoms with E-state index in [0.29, 0.717) is 12.5 Å². The zero-order valence-electron chi connectivity index (χ0n) is 26.2. The summed E-state index contributed by atoms with van der Waals surface area (Å²) in [6.07, 6.45) is 3.34. The highest BCUT2D eigenvalue weighted by Crippen LogP contribution is 2.30. The number of pyridine rings is 2. The number of nitrogens with one attached hydrogen (secondary N) is 1. The fourth-order valence-corrected chi connectivity index (χ4v) is 5.81. The minimum atomic E-state index is 0.00110. The molecule has 7 heteroatoms. The Morgan fingerprint density at radius 1 is 0.638 bits per heavy atom. The topological polar surface area (TPSA) is 96.8 Å². The van der Waals surface area contributed by atoms with Gasteiger partial charge >= 0.3 is 0 Å². The first-order valence-corrected chi connectivity index (χ1v) is 15.5. The summed E-state index contributed by atoms with van der Waals surface area (Å²) in [5.74, 6) is 0.564. The van der Waals surface area contributed by atoms with Crippen LogP contribution in [0.3, 0.4) is 0 Å². The van der Waals surface area contributed by atoms with Gasteiger partial charge in [0, 0.05) is 39.2 Å². The molecule has 0 aliphatic rings. The van der Waals surface area contributed by atoms with Gasteiger partial charge in [0.25, 0.3) is 0 Å². The van der Waals surface area contributed by atoms with Gasteiger partial charge in [-0.05, 0) is 43.2 Å². The van der Waals surface area contributed by atoms with Crippen LogP contribution in [-0.4, -0.2) is 30.0 Å². The van der Waals surface area contributed by atoms with Crippen LogP contribution in [0, 0.1) is 13.8 Å². The lowest BCUT2D eigenvalue weighted by atomic mass is 10.0. The molecule has 0 spiro atoms. The molecule has 0 amide bonds. The largest absolute Gasteiger partial charge is 0.472 e. The standard InChI is InChI=1S/C23H18N4O.C17H15NO/c1-15-6-5-9-17-12-18(21(27-20(15)17)16-7-3-2-4-8-16)13-28-23-19-10-11-24-22(19)25-14-26-23;1-12-6-5-9-14-10-15(11-19)17(18-16(12)14)13-7-3-2-4-8-13/h2-12,14H,13H2,1H3,(H,24,25,26);2-10,19H,11H2,1H3. The first-order valence-electron chi connectivity index (χ1n) is 15.5. The number of fused-ring (bicyclic) bond motifs is 3. The molecule has 230 valence electrons. The van der Waals surface area contributed by atoms with Crippen LogP contribution in [0.4, 0.5) is 0 Å². The molecule has 8 aromatic rings. The van der Waals surface area contributed by atoms with Crippen LogP contribution < -0.4 is 4.74 Å². The molecule has 0 aliphatic carbocycles. The second-order valence-electron chi connectivity index (χ2n) is 11.4. The normalized spacial score (nSPS) is 11.0. The van der Waals surface area contributed by atoms with Gasteiger partial charge in [-0.2, -0.15) is 0 Å². The Kier molecular flexibility index (Phi) is 8.37. The van der Waals surface area contributed by atoms with Crippen LogP contribution in [-0.2, 0) is 13.2 Å². The zero-order valence-corrected chi connectivity index (χ0v) is 26.2. The number of aryl methyl sites for hydroxylation is 2. The van der Waals surface area contributed by atoms with E-state index < -0.39 is 0 Å². The molecule has 2 N–H and O–H groups in total. The quantitative estimate of drug-likeness (QED) is 0.194. The number of para-hydroxylation sites is 2. The van der Waals surface area contributed by atoms with Crippen molar-refractivity contribution >= 4 is 32.8 Å². The average molecular weight is 616 g/mol. The maximum atomic E-state index is 9.57. The van der Waals surface area contributed by atoms with Gasteiger partial charge in [0.15, 0.2) is 0 Å². The molecule has 8 rings (SSSR count). The number of H-pyrrole nitrogens is 1.